The molecular formula is C15H24N4. The molecule has 1 aromatic heterocycles. The zero-order chi connectivity index (χ0) is 13.4. The third kappa shape index (κ3) is 2.41. The number of hydrogen-bond acceptors (Lipinski definition) is 4. The lowest BCUT2D eigenvalue weighted by Crippen LogP contribution is -2.59. The average Bonchev–Trinajstić information content (AvgIpc) is 2.41. The van der Waals surface area contributed by atoms with Gasteiger partial charge in [-0.1, -0.05) is 6.42 Å². The van der Waals surface area contributed by atoms with Gasteiger partial charge in [-0.15, -0.1) is 0 Å². The maximum Gasteiger partial charge on any atom is 0.129 e. The van der Waals surface area contributed by atoms with Crippen LogP contribution in [0.5, 0.6) is 0 Å². The maximum atomic E-state index is 5.87. The van der Waals surface area contributed by atoms with Gasteiger partial charge in [-0.3, -0.25) is 4.90 Å². The highest BCUT2D eigenvalue weighted by Gasteiger charge is 2.33. The lowest BCUT2D eigenvalue weighted by atomic mass is 9.97. The van der Waals surface area contributed by atoms with Crippen molar-refractivity contribution in [3.63, 3.8) is 0 Å². The van der Waals surface area contributed by atoms with Crippen LogP contribution in [-0.4, -0.2) is 41.6 Å². The number of hydrogen-bond donors (Lipinski definition) is 1. The molecule has 2 atom stereocenters. The summed E-state index contributed by atoms with van der Waals surface area (Å²) in [5.74, 6) is 1.09. The van der Waals surface area contributed by atoms with Gasteiger partial charge in [0.1, 0.15) is 5.82 Å². The molecule has 2 aliphatic rings. The fraction of sp³-hybridized carbons (Fsp3) is 0.667. The van der Waals surface area contributed by atoms with E-state index in [0.29, 0.717) is 12.1 Å². The molecule has 1 aromatic rings. The van der Waals surface area contributed by atoms with Crippen LogP contribution in [0, 0.1) is 6.92 Å². The first kappa shape index (κ1) is 12.7. The highest BCUT2D eigenvalue weighted by molar-refractivity contribution is 5.51. The number of anilines is 2. The number of fused-ring (bicyclic) bond motifs is 1. The molecule has 2 N–H and O–H groups in total. The molecular weight excluding hydrogens is 236 g/mol. The second-order valence-corrected chi connectivity index (χ2v) is 5.99. The highest BCUT2D eigenvalue weighted by Crippen LogP contribution is 2.27. The number of rotatable bonds is 1. The molecule has 0 aromatic carbocycles. The fourth-order valence-corrected chi connectivity index (χ4v) is 3.39. The van der Waals surface area contributed by atoms with Crippen molar-refractivity contribution in [3.05, 3.63) is 17.8 Å². The number of aryl methyl sites for hydroxylation is 1. The molecule has 3 rings (SSSR count). The van der Waals surface area contributed by atoms with Crippen LogP contribution < -0.4 is 10.6 Å². The predicted octanol–water partition coefficient (Wildman–Crippen LogP) is 2.04. The standard InChI is InChI=1S/C15H24N4/c1-11-9-18-8-4-3-5-13(18)10-19(11)15-7-6-14(16)12(2)17-15/h6-7,11,13H,3-5,8-10,16H2,1-2H3. The van der Waals surface area contributed by atoms with Crippen LogP contribution in [0.15, 0.2) is 12.1 Å². The van der Waals surface area contributed by atoms with Gasteiger partial charge in [0.15, 0.2) is 0 Å². The van der Waals surface area contributed by atoms with Crippen molar-refractivity contribution < 1.29 is 0 Å². The molecule has 0 radical (unpaired) electrons. The number of pyridine rings is 1. The molecule has 2 fully saturated rings. The summed E-state index contributed by atoms with van der Waals surface area (Å²) in [5.41, 5.74) is 7.60. The molecule has 0 bridgehead atoms. The van der Waals surface area contributed by atoms with Crippen molar-refractivity contribution in [3.8, 4) is 0 Å². The smallest absolute Gasteiger partial charge is 0.129 e. The summed E-state index contributed by atoms with van der Waals surface area (Å²) in [6.45, 7) is 7.84. The molecule has 2 aliphatic heterocycles. The second kappa shape index (κ2) is 5.00. The number of piperazine rings is 1. The topological polar surface area (TPSA) is 45.4 Å². The quantitative estimate of drug-likeness (QED) is 0.839. The molecule has 0 aliphatic carbocycles. The lowest BCUT2D eigenvalue weighted by Gasteiger charge is -2.48. The van der Waals surface area contributed by atoms with Crippen molar-refractivity contribution in [2.75, 3.05) is 30.3 Å². The van der Waals surface area contributed by atoms with Crippen LogP contribution >= 0.6 is 0 Å². The Bertz CT molecular complexity index is 459. The summed E-state index contributed by atoms with van der Waals surface area (Å²) in [4.78, 5) is 9.79. The van der Waals surface area contributed by atoms with Crippen LogP contribution in [0.2, 0.25) is 0 Å². The van der Waals surface area contributed by atoms with Crippen molar-refractivity contribution in [1.29, 1.82) is 0 Å². The number of nitrogen functional groups attached to an aromatic ring is 1. The number of piperidine rings is 1. The third-order valence-corrected chi connectivity index (χ3v) is 4.59. The number of nitrogens with two attached hydrogens (primary N) is 1. The van der Waals surface area contributed by atoms with E-state index in [-0.39, 0.29) is 0 Å². The Hall–Kier alpha value is -1.29. The van der Waals surface area contributed by atoms with E-state index in [2.05, 4.69) is 27.8 Å². The second-order valence-electron chi connectivity index (χ2n) is 5.99. The first-order valence-electron chi connectivity index (χ1n) is 7.39. The first-order chi connectivity index (χ1) is 9.15. The van der Waals surface area contributed by atoms with E-state index < -0.39 is 0 Å². The van der Waals surface area contributed by atoms with E-state index >= 15 is 0 Å². The van der Waals surface area contributed by atoms with Crippen LogP contribution in [0.25, 0.3) is 0 Å². The molecule has 0 spiro atoms. The molecule has 3 heterocycles. The van der Waals surface area contributed by atoms with E-state index in [4.69, 9.17) is 5.73 Å². The summed E-state index contributed by atoms with van der Waals surface area (Å²) >= 11 is 0. The fourth-order valence-electron chi connectivity index (χ4n) is 3.39. The van der Waals surface area contributed by atoms with Gasteiger partial charge in [-0.25, -0.2) is 4.98 Å². The largest absolute Gasteiger partial charge is 0.397 e. The molecule has 19 heavy (non-hydrogen) atoms. The Morgan fingerprint density at radius 3 is 2.89 bits per heavy atom. The molecule has 0 amide bonds. The van der Waals surface area contributed by atoms with E-state index in [0.717, 1.165) is 30.3 Å². The van der Waals surface area contributed by atoms with Gasteiger partial charge in [-0.05, 0) is 45.4 Å². The van der Waals surface area contributed by atoms with E-state index in [9.17, 15) is 0 Å². The highest BCUT2D eigenvalue weighted by atomic mass is 15.3. The van der Waals surface area contributed by atoms with Gasteiger partial charge in [0, 0.05) is 25.2 Å². The summed E-state index contributed by atoms with van der Waals surface area (Å²) in [7, 11) is 0. The normalized spacial score (nSPS) is 28.2. The Morgan fingerprint density at radius 2 is 2.11 bits per heavy atom. The molecule has 2 unspecified atom stereocenters. The summed E-state index contributed by atoms with van der Waals surface area (Å²) in [5, 5.41) is 0. The Balaban J connectivity index is 1.81. The van der Waals surface area contributed by atoms with Crippen LogP contribution in [0.1, 0.15) is 31.9 Å². The predicted molar refractivity (Wildman–Crippen MR) is 79.4 cm³/mol. The SMILES string of the molecule is Cc1nc(N2CC3CCCCN3CC2C)ccc1N. The van der Waals surface area contributed by atoms with Gasteiger partial charge in [-0.2, -0.15) is 0 Å². The first-order valence-corrected chi connectivity index (χ1v) is 7.39. The molecule has 4 nitrogen and oxygen atoms in total. The number of aromatic nitrogens is 1. The summed E-state index contributed by atoms with van der Waals surface area (Å²) < 4.78 is 0. The molecule has 2 saturated heterocycles. The number of nitrogens with zero attached hydrogens (tertiary/aromatic N) is 3. The van der Waals surface area contributed by atoms with Gasteiger partial charge in [0.25, 0.3) is 0 Å². The van der Waals surface area contributed by atoms with Crippen molar-refractivity contribution in [2.45, 2.75) is 45.2 Å². The molecule has 4 heteroatoms. The lowest BCUT2D eigenvalue weighted by molar-refractivity contribution is 0.115. The van der Waals surface area contributed by atoms with Gasteiger partial charge in [0.05, 0.1) is 11.4 Å². The molecule has 0 saturated carbocycles. The van der Waals surface area contributed by atoms with Crippen LogP contribution in [0.4, 0.5) is 11.5 Å². The minimum atomic E-state index is 0.532. The zero-order valence-electron chi connectivity index (χ0n) is 12.0. The van der Waals surface area contributed by atoms with Gasteiger partial charge >= 0.3 is 0 Å². The van der Waals surface area contributed by atoms with E-state index in [1.807, 2.05) is 13.0 Å². The summed E-state index contributed by atoms with van der Waals surface area (Å²) in [6, 6.07) is 5.30. The van der Waals surface area contributed by atoms with E-state index in [1.54, 1.807) is 0 Å². The van der Waals surface area contributed by atoms with Crippen molar-refractivity contribution in [2.24, 2.45) is 0 Å². The van der Waals surface area contributed by atoms with E-state index in [1.165, 1.54) is 25.8 Å². The monoisotopic (exact) mass is 260 g/mol. The Kier molecular flexibility index (Phi) is 3.35. The van der Waals surface area contributed by atoms with Crippen LogP contribution in [-0.2, 0) is 0 Å². The minimum absolute atomic E-state index is 0.532. The Labute approximate surface area is 115 Å². The van der Waals surface area contributed by atoms with Gasteiger partial charge < -0.3 is 10.6 Å². The van der Waals surface area contributed by atoms with Crippen LogP contribution in [0.3, 0.4) is 0 Å². The van der Waals surface area contributed by atoms with Gasteiger partial charge in [0.2, 0.25) is 0 Å². The maximum absolute atomic E-state index is 5.87. The minimum Gasteiger partial charge on any atom is -0.397 e. The molecule has 104 valence electrons. The summed E-state index contributed by atoms with van der Waals surface area (Å²) in [6.07, 6.45) is 4.07. The third-order valence-electron chi connectivity index (χ3n) is 4.59. The Morgan fingerprint density at radius 1 is 1.26 bits per heavy atom. The van der Waals surface area contributed by atoms with Crippen molar-refractivity contribution in [1.82, 2.24) is 9.88 Å². The average molecular weight is 260 g/mol. The van der Waals surface area contributed by atoms with Crippen molar-refractivity contribution >= 4 is 11.5 Å². The zero-order valence-corrected chi connectivity index (χ0v) is 12.0.